The monoisotopic (exact) mass is 306 g/mol. The van der Waals surface area contributed by atoms with E-state index in [1.165, 1.54) is 33.7 Å². The van der Waals surface area contributed by atoms with E-state index in [2.05, 4.69) is 25.8 Å². The van der Waals surface area contributed by atoms with Crippen molar-refractivity contribution in [3.05, 3.63) is 33.7 Å². The number of aryl methyl sites for hydroxylation is 1. The number of anilines is 1. The Labute approximate surface area is 122 Å². The van der Waals surface area contributed by atoms with Gasteiger partial charge >= 0.3 is 0 Å². The van der Waals surface area contributed by atoms with E-state index >= 15 is 0 Å². The molecule has 9 heteroatoms. The molecule has 3 heterocycles. The predicted molar refractivity (Wildman–Crippen MR) is 76.5 cm³/mol. The average Bonchev–Trinajstić information content (AvgIpc) is 3.19. The van der Waals surface area contributed by atoms with Crippen LogP contribution in [0.15, 0.2) is 24.0 Å². The lowest BCUT2D eigenvalue weighted by Gasteiger charge is -2.02. The van der Waals surface area contributed by atoms with E-state index in [1.807, 2.05) is 12.3 Å². The van der Waals surface area contributed by atoms with Crippen LogP contribution in [-0.2, 0) is 6.42 Å². The number of aromatic nitrogens is 5. The fourth-order valence-corrected chi connectivity index (χ4v) is 3.13. The van der Waals surface area contributed by atoms with Crippen molar-refractivity contribution in [2.24, 2.45) is 0 Å². The topological polar surface area (TPSA) is 85.6 Å². The Morgan fingerprint density at radius 1 is 1.50 bits per heavy atom. The maximum absolute atomic E-state index is 12.3. The van der Waals surface area contributed by atoms with Crippen LogP contribution in [0.4, 0.5) is 5.13 Å². The van der Waals surface area contributed by atoms with Crippen molar-refractivity contribution in [2.45, 2.75) is 13.3 Å². The fraction of sp³-hybridized carbons (Fsp3) is 0.182. The minimum atomic E-state index is -0.206. The molecule has 0 aliphatic rings. The molecule has 7 nitrogen and oxygen atoms in total. The summed E-state index contributed by atoms with van der Waals surface area (Å²) < 4.78 is 1.46. The van der Waals surface area contributed by atoms with Crippen LogP contribution >= 0.6 is 22.7 Å². The Bertz CT molecular complexity index is 717. The number of nitrogens with one attached hydrogen (secondary N) is 1. The number of hydrogen-bond acceptors (Lipinski definition) is 7. The van der Waals surface area contributed by atoms with Gasteiger partial charge in [-0.1, -0.05) is 6.92 Å². The number of amides is 1. The Hall–Kier alpha value is -2.13. The van der Waals surface area contributed by atoms with Crippen molar-refractivity contribution in [2.75, 3.05) is 5.32 Å². The van der Waals surface area contributed by atoms with Gasteiger partial charge in [0, 0.05) is 11.1 Å². The smallest absolute Gasteiger partial charge is 0.269 e. The molecule has 0 radical (unpaired) electrons. The third-order valence-electron chi connectivity index (χ3n) is 2.57. The minimum Gasteiger partial charge on any atom is -0.297 e. The summed E-state index contributed by atoms with van der Waals surface area (Å²) in [5.41, 5.74) is 0.657. The zero-order valence-electron chi connectivity index (χ0n) is 10.5. The second-order valence-corrected chi connectivity index (χ2v) is 5.86. The quantitative estimate of drug-likeness (QED) is 0.796. The molecule has 3 rings (SSSR count). The molecule has 0 spiro atoms. The van der Waals surface area contributed by atoms with E-state index in [1.54, 1.807) is 12.3 Å². The van der Waals surface area contributed by atoms with Gasteiger partial charge in [0.2, 0.25) is 0 Å². The summed E-state index contributed by atoms with van der Waals surface area (Å²) in [6.07, 6.45) is 4.14. The maximum Gasteiger partial charge on any atom is 0.269 e. The van der Waals surface area contributed by atoms with E-state index in [-0.39, 0.29) is 5.91 Å². The number of tetrazole rings is 1. The number of hydrogen-bond donors (Lipinski definition) is 1. The Kier molecular flexibility index (Phi) is 3.52. The highest BCUT2D eigenvalue weighted by Crippen LogP contribution is 2.23. The fourth-order valence-electron chi connectivity index (χ4n) is 1.61. The van der Waals surface area contributed by atoms with Gasteiger partial charge in [-0.15, -0.1) is 27.8 Å². The van der Waals surface area contributed by atoms with E-state index in [4.69, 9.17) is 0 Å². The van der Waals surface area contributed by atoms with Crippen molar-refractivity contribution in [3.8, 4) is 5.69 Å². The second kappa shape index (κ2) is 5.47. The summed E-state index contributed by atoms with van der Waals surface area (Å²) in [4.78, 5) is 18.1. The highest BCUT2D eigenvalue weighted by molar-refractivity contribution is 7.16. The van der Waals surface area contributed by atoms with Crippen LogP contribution in [0, 0.1) is 0 Å². The lowest BCUT2D eigenvalue weighted by Crippen LogP contribution is -2.12. The first kappa shape index (κ1) is 12.9. The number of carbonyl (C=O) groups is 1. The van der Waals surface area contributed by atoms with E-state index in [0.29, 0.717) is 15.7 Å². The molecule has 0 aliphatic carbocycles. The van der Waals surface area contributed by atoms with Crippen LogP contribution in [0.2, 0.25) is 0 Å². The molecular weight excluding hydrogens is 296 g/mol. The van der Waals surface area contributed by atoms with Gasteiger partial charge in [-0.2, -0.15) is 4.68 Å². The number of rotatable bonds is 4. The lowest BCUT2D eigenvalue weighted by molar-refractivity contribution is 0.103. The molecule has 0 saturated heterocycles. The molecule has 0 unspecified atom stereocenters. The molecule has 0 bridgehead atoms. The first-order chi connectivity index (χ1) is 9.78. The largest absolute Gasteiger partial charge is 0.297 e. The number of thiazole rings is 1. The van der Waals surface area contributed by atoms with Crippen molar-refractivity contribution in [1.29, 1.82) is 0 Å². The molecular formula is C11H10N6OS2. The lowest BCUT2D eigenvalue weighted by atomic mass is 10.4. The first-order valence-corrected chi connectivity index (χ1v) is 7.54. The van der Waals surface area contributed by atoms with Crippen molar-refractivity contribution in [3.63, 3.8) is 0 Å². The summed E-state index contributed by atoms with van der Waals surface area (Å²) in [6.45, 7) is 2.05. The van der Waals surface area contributed by atoms with Crippen LogP contribution in [0.1, 0.15) is 21.5 Å². The summed E-state index contributed by atoms with van der Waals surface area (Å²) in [5, 5.41) is 16.2. The van der Waals surface area contributed by atoms with Gasteiger partial charge in [-0.05, 0) is 28.3 Å². The summed E-state index contributed by atoms with van der Waals surface area (Å²) in [7, 11) is 0. The molecule has 102 valence electrons. The van der Waals surface area contributed by atoms with Gasteiger partial charge in [0.05, 0.1) is 5.69 Å². The molecule has 0 saturated carbocycles. The molecule has 0 aliphatic heterocycles. The maximum atomic E-state index is 12.3. The van der Waals surface area contributed by atoms with Crippen LogP contribution in [0.3, 0.4) is 0 Å². The number of carbonyl (C=O) groups excluding carboxylic acids is 1. The number of nitrogens with zero attached hydrogens (tertiary/aromatic N) is 5. The van der Waals surface area contributed by atoms with Crippen molar-refractivity contribution >= 4 is 33.7 Å². The normalized spacial score (nSPS) is 10.7. The molecule has 0 fully saturated rings. The molecule has 0 atom stereocenters. The molecule has 3 aromatic rings. The summed E-state index contributed by atoms with van der Waals surface area (Å²) in [5.74, 6) is -0.206. The number of thiophene rings is 1. The third-order valence-corrected chi connectivity index (χ3v) is 4.53. The molecule has 1 N–H and O–H groups in total. The Balaban J connectivity index is 1.83. The average molecular weight is 306 g/mol. The molecule has 20 heavy (non-hydrogen) atoms. The molecule has 1 amide bonds. The van der Waals surface area contributed by atoms with Gasteiger partial charge in [0.25, 0.3) is 5.91 Å². The highest BCUT2D eigenvalue weighted by Gasteiger charge is 2.16. The van der Waals surface area contributed by atoms with E-state index in [9.17, 15) is 4.79 Å². The standard InChI is InChI=1S/C11H10N6OS2/c1-2-7-5-12-11(20-7)14-10(18)9-8(3-4-19-9)17-6-13-15-16-17/h3-6H,2H2,1H3,(H,12,14,18). The van der Waals surface area contributed by atoms with Gasteiger partial charge in [-0.25, -0.2) is 4.98 Å². The predicted octanol–water partition coefficient (Wildman–Crippen LogP) is 1.99. The van der Waals surface area contributed by atoms with Gasteiger partial charge in [-0.3, -0.25) is 10.1 Å². The minimum absolute atomic E-state index is 0.206. The summed E-state index contributed by atoms with van der Waals surface area (Å²) in [6, 6.07) is 1.80. The van der Waals surface area contributed by atoms with Gasteiger partial charge in [0.15, 0.2) is 5.13 Å². The molecule has 3 aromatic heterocycles. The zero-order chi connectivity index (χ0) is 13.9. The first-order valence-electron chi connectivity index (χ1n) is 5.85. The van der Waals surface area contributed by atoms with Gasteiger partial charge in [0.1, 0.15) is 11.2 Å². The third kappa shape index (κ3) is 2.45. The molecule has 0 aromatic carbocycles. The zero-order valence-corrected chi connectivity index (χ0v) is 12.1. The van der Waals surface area contributed by atoms with Crippen LogP contribution in [0.5, 0.6) is 0 Å². The summed E-state index contributed by atoms with van der Waals surface area (Å²) >= 11 is 2.81. The SMILES string of the molecule is CCc1cnc(NC(=O)c2sccc2-n2cnnn2)s1. The van der Waals surface area contributed by atoms with Crippen LogP contribution in [0.25, 0.3) is 5.69 Å². The van der Waals surface area contributed by atoms with Crippen LogP contribution in [-0.4, -0.2) is 31.1 Å². The van der Waals surface area contributed by atoms with E-state index in [0.717, 1.165) is 11.3 Å². The second-order valence-electron chi connectivity index (χ2n) is 3.83. The van der Waals surface area contributed by atoms with Gasteiger partial charge < -0.3 is 0 Å². The van der Waals surface area contributed by atoms with E-state index < -0.39 is 0 Å². The van der Waals surface area contributed by atoms with Crippen molar-refractivity contribution < 1.29 is 4.79 Å². The Morgan fingerprint density at radius 3 is 3.10 bits per heavy atom. The van der Waals surface area contributed by atoms with Crippen molar-refractivity contribution in [1.82, 2.24) is 25.2 Å². The Morgan fingerprint density at radius 2 is 2.40 bits per heavy atom. The highest BCUT2D eigenvalue weighted by atomic mass is 32.1. The van der Waals surface area contributed by atoms with Crippen LogP contribution < -0.4 is 5.32 Å².